The highest BCUT2D eigenvalue weighted by atomic mass is 16.4. The van der Waals surface area contributed by atoms with Crippen LogP contribution in [0.4, 0.5) is 0 Å². The number of benzene rings is 1. The molecular weight excluding hydrogens is 280 g/mol. The molecule has 0 radical (unpaired) electrons. The second-order valence-corrected chi connectivity index (χ2v) is 4.39. The summed E-state index contributed by atoms with van der Waals surface area (Å²) in [6.07, 6.45) is -0.109. The molecule has 0 aliphatic rings. The Kier molecular flexibility index (Phi) is 4.39. The summed E-state index contributed by atoms with van der Waals surface area (Å²) < 4.78 is 6.08. The van der Waals surface area contributed by atoms with Gasteiger partial charge in [0.1, 0.15) is 12.6 Å². The van der Waals surface area contributed by atoms with Gasteiger partial charge in [-0.3, -0.25) is 9.36 Å². The zero-order chi connectivity index (χ0) is 15.4. The lowest BCUT2D eigenvalue weighted by molar-refractivity contribution is -0.142. The van der Waals surface area contributed by atoms with Gasteiger partial charge in [0.25, 0.3) is 0 Å². The van der Waals surface area contributed by atoms with Gasteiger partial charge in [0.05, 0.1) is 5.52 Å². The van der Waals surface area contributed by atoms with E-state index in [4.69, 9.17) is 14.6 Å². The Labute approximate surface area is 118 Å². The molecule has 21 heavy (non-hydrogen) atoms. The molecule has 2 aromatic rings. The molecule has 1 atom stereocenters. The summed E-state index contributed by atoms with van der Waals surface area (Å²) >= 11 is 0. The summed E-state index contributed by atoms with van der Waals surface area (Å²) in [6, 6.07) is 5.40. The maximum absolute atomic E-state index is 11.8. The van der Waals surface area contributed by atoms with Gasteiger partial charge in [-0.1, -0.05) is 12.1 Å². The van der Waals surface area contributed by atoms with Crippen LogP contribution in [-0.4, -0.2) is 39.3 Å². The van der Waals surface area contributed by atoms with Gasteiger partial charge in [-0.05, 0) is 12.1 Å². The molecule has 3 N–H and O–H groups in total. The minimum Gasteiger partial charge on any atom is -0.480 e. The highest BCUT2D eigenvalue weighted by Crippen LogP contribution is 2.11. The Bertz CT molecular complexity index is 717. The van der Waals surface area contributed by atoms with Gasteiger partial charge in [-0.15, -0.1) is 0 Å². The zero-order valence-electron chi connectivity index (χ0n) is 11.0. The Balaban J connectivity index is 2.16. The molecule has 0 aliphatic heterocycles. The van der Waals surface area contributed by atoms with E-state index in [0.29, 0.717) is 11.1 Å². The number of hydrogen-bond donors (Lipinski definition) is 3. The van der Waals surface area contributed by atoms with Crippen molar-refractivity contribution in [1.82, 2.24) is 9.88 Å². The molecule has 2 rings (SSSR count). The van der Waals surface area contributed by atoms with E-state index in [2.05, 4.69) is 5.32 Å². The van der Waals surface area contributed by atoms with Crippen molar-refractivity contribution in [2.24, 2.45) is 0 Å². The number of amides is 1. The fourth-order valence-corrected chi connectivity index (χ4v) is 1.93. The first-order valence-electron chi connectivity index (χ1n) is 6.24. The van der Waals surface area contributed by atoms with Gasteiger partial charge in [0, 0.05) is 13.0 Å². The third kappa shape index (κ3) is 3.29. The molecule has 0 fully saturated rings. The van der Waals surface area contributed by atoms with E-state index in [-0.39, 0.29) is 19.6 Å². The molecule has 1 aromatic heterocycles. The van der Waals surface area contributed by atoms with E-state index < -0.39 is 23.7 Å². The first-order valence-corrected chi connectivity index (χ1v) is 6.24. The van der Waals surface area contributed by atoms with Gasteiger partial charge in [0.15, 0.2) is 5.58 Å². The number of carbonyl (C=O) groups is 2. The minimum atomic E-state index is -1.25. The van der Waals surface area contributed by atoms with E-state index in [1.165, 1.54) is 0 Å². The summed E-state index contributed by atoms with van der Waals surface area (Å²) in [4.78, 5) is 34.4. The Morgan fingerprint density at radius 2 is 2.05 bits per heavy atom. The quantitative estimate of drug-likeness (QED) is 0.663. The molecule has 1 heterocycles. The molecule has 1 amide bonds. The molecular formula is C13H14N2O6. The van der Waals surface area contributed by atoms with Crippen LogP contribution in [0.2, 0.25) is 0 Å². The molecule has 0 aliphatic carbocycles. The molecule has 0 saturated carbocycles. The number of carboxylic acid groups (broad SMARTS) is 1. The maximum atomic E-state index is 11.8. The Morgan fingerprint density at radius 3 is 2.71 bits per heavy atom. The van der Waals surface area contributed by atoms with Crippen LogP contribution in [0.1, 0.15) is 6.42 Å². The average molecular weight is 294 g/mol. The monoisotopic (exact) mass is 294 g/mol. The number of aliphatic hydroxyl groups excluding tert-OH is 1. The van der Waals surface area contributed by atoms with E-state index >= 15 is 0 Å². The third-order valence-electron chi connectivity index (χ3n) is 2.93. The van der Waals surface area contributed by atoms with Gasteiger partial charge in [-0.2, -0.15) is 0 Å². The van der Waals surface area contributed by atoms with Gasteiger partial charge >= 0.3 is 11.7 Å². The number of carbonyl (C=O) groups excluding carboxylic acids is 1. The number of nitrogens with zero attached hydrogens (tertiary/aromatic N) is 1. The van der Waals surface area contributed by atoms with Gasteiger partial charge in [0.2, 0.25) is 5.91 Å². The lowest BCUT2D eigenvalue weighted by Gasteiger charge is -2.13. The van der Waals surface area contributed by atoms with E-state index in [1.807, 2.05) is 0 Å². The molecule has 1 unspecified atom stereocenters. The number of rotatable bonds is 6. The molecule has 112 valence electrons. The van der Waals surface area contributed by atoms with Gasteiger partial charge in [-0.25, -0.2) is 9.59 Å². The zero-order valence-corrected chi connectivity index (χ0v) is 11.0. The summed E-state index contributed by atoms with van der Waals surface area (Å²) in [5.74, 6) is -2.59. The summed E-state index contributed by atoms with van der Waals surface area (Å²) in [5.41, 5.74) is 0.798. The highest BCUT2D eigenvalue weighted by Gasteiger charge is 2.20. The van der Waals surface area contributed by atoms with E-state index in [9.17, 15) is 14.4 Å². The number of aromatic nitrogens is 1. The lowest BCUT2D eigenvalue weighted by atomic mass is 10.2. The predicted octanol–water partition coefficient (Wildman–Crippen LogP) is -0.454. The SMILES string of the molecule is O=C(Cn1c(=O)oc2ccccc21)NC(CCO)C(=O)O. The van der Waals surface area contributed by atoms with Gasteiger partial charge < -0.3 is 19.9 Å². The second-order valence-electron chi connectivity index (χ2n) is 4.39. The topological polar surface area (TPSA) is 122 Å². The van der Waals surface area contributed by atoms with Crippen molar-refractivity contribution in [1.29, 1.82) is 0 Å². The van der Waals surface area contributed by atoms with Crippen LogP contribution >= 0.6 is 0 Å². The van der Waals surface area contributed by atoms with Crippen LogP contribution in [0.15, 0.2) is 33.5 Å². The number of oxazole rings is 1. The van der Waals surface area contributed by atoms with Crippen LogP contribution in [0.5, 0.6) is 0 Å². The lowest BCUT2D eigenvalue weighted by Crippen LogP contribution is -2.43. The second kappa shape index (κ2) is 6.23. The minimum absolute atomic E-state index is 0.109. The average Bonchev–Trinajstić information content (AvgIpc) is 2.75. The van der Waals surface area contributed by atoms with Crippen molar-refractivity contribution < 1.29 is 24.2 Å². The van der Waals surface area contributed by atoms with Crippen LogP contribution in [-0.2, 0) is 16.1 Å². The van der Waals surface area contributed by atoms with Crippen molar-refractivity contribution in [3.05, 3.63) is 34.8 Å². The van der Waals surface area contributed by atoms with Crippen molar-refractivity contribution in [3.63, 3.8) is 0 Å². The fourth-order valence-electron chi connectivity index (χ4n) is 1.93. The molecule has 0 spiro atoms. The van der Waals surface area contributed by atoms with Crippen molar-refractivity contribution >= 4 is 23.0 Å². The number of hydrogen-bond acceptors (Lipinski definition) is 5. The molecule has 8 heteroatoms. The molecule has 0 bridgehead atoms. The standard InChI is InChI=1S/C13H14N2O6/c16-6-5-8(12(18)19)14-11(17)7-15-9-3-1-2-4-10(9)21-13(15)20/h1-4,8,16H,5-7H2,(H,14,17)(H,18,19). The third-order valence-corrected chi connectivity index (χ3v) is 2.93. The normalized spacial score (nSPS) is 12.2. The number of aliphatic hydroxyl groups is 1. The number of para-hydroxylation sites is 2. The Morgan fingerprint density at radius 1 is 1.33 bits per heavy atom. The van der Waals surface area contributed by atoms with E-state index in [0.717, 1.165) is 4.57 Å². The van der Waals surface area contributed by atoms with Crippen molar-refractivity contribution in [3.8, 4) is 0 Å². The first kappa shape index (κ1) is 14.8. The summed E-state index contributed by atoms with van der Waals surface area (Å²) in [5, 5.41) is 19.9. The Hall–Kier alpha value is -2.61. The highest BCUT2D eigenvalue weighted by molar-refractivity contribution is 5.84. The van der Waals surface area contributed by atoms with Crippen molar-refractivity contribution in [2.45, 2.75) is 19.0 Å². The van der Waals surface area contributed by atoms with Crippen LogP contribution in [0, 0.1) is 0 Å². The number of fused-ring (bicyclic) bond motifs is 1. The maximum Gasteiger partial charge on any atom is 0.420 e. The van der Waals surface area contributed by atoms with Crippen molar-refractivity contribution in [2.75, 3.05) is 6.61 Å². The smallest absolute Gasteiger partial charge is 0.420 e. The number of aliphatic carboxylic acids is 1. The fraction of sp³-hybridized carbons (Fsp3) is 0.308. The van der Waals surface area contributed by atoms with Crippen LogP contribution in [0.25, 0.3) is 11.1 Å². The van der Waals surface area contributed by atoms with Crippen LogP contribution in [0.3, 0.4) is 0 Å². The number of carboxylic acids is 1. The predicted molar refractivity (Wildman–Crippen MR) is 71.7 cm³/mol. The largest absolute Gasteiger partial charge is 0.480 e. The first-order chi connectivity index (χ1) is 10.0. The van der Waals surface area contributed by atoms with Crippen LogP contribution < -0.4 is 11.1 Å². The summed E-state index contributed by atoms with van der Waals surface area (Å²) in [6.45, 7) is -0.725. The molecule has 8 nitrogen and oxygen atoms in total. The summed E-state index contributed by atoms with van der Waals surface area (Å²) in [7, 11) is 0. The molecule has 0 saturated heterocycles. The number of nitrogens with one attached hydrogen (secondary N) is 1. The molecule has 1 aromatic carbocycles. The van der Waals surface area contributed by atoms with E-state index in [1.54, 1.807) is 24.3 Å².